The molecule has 100 valence electrons. The van der Waals surface area contributed by atoms with Crippen LogP contribution in [0.4, 0.5) is 0 Å². The summed E-state index contributed by atoms with van der Waals surface area (Å²) in [5.41, 5.74) is 2.59. The highest BCUT2D eigenvalue weighted by molar-refractivity contribution is 5.30. The second-order valence-corrected chi connectivity index (χ2v) is 4.68. The van der Waals surface area contributed by atoms with Crippen LogP contribution in [0.5, 0.6) is 0 Å². The molecule has 1 aliphatic heterocycles. The molecule has 0 aromatic heterocycles. The molecule has 1 aromatic carbocycles. The molecule has 3 nitrogen and oxygen atoms in total. The van der Waals surface area contributed by atoms with Crippen molar-refractivity contribution in [3.63, 3.8) is 0 Å². The molecule has 1 aromatic rings. The molecule has 0 aliphatic carbocycles. The summed E-state index contributed by atoms with van der Waals surface area (Å²) in [5, 5.41) is 9.99. The fraction of sp³-hybridized carbons (Fsp3) is 0.600. The Kier molecular flexibility index (Phi) is 5.17. The van der Waals surface area contributed by atoms with Crippen LogP contribution < -0.4 is 0 Å². The van der Waals surface area contributed by atoms with Gasteiger partial charge in [0.15, 0.2) is 0 Å². The molecule has 1 heterocycles. The van der Waals surface area contributed by atoms with Gasteiger partial charge in [0.05, 0.1) is 18.8 Å². The van der Waals surface area contributed by atoms with E-state index < -0.39 is 0 Å². The van der Waals surface area contributed by atoms with Gasteiger partial charge in [-0.2, -0.15) is 0 Å². The molecule has 2 rings (SSSR count). The number of benzene rings is 1. The molecule has 0 saturated heterocycles. The van der Waals surface area contributed by atoms with E-state index in [4.69, 9.17) is 9.47 Å². The lowest BCUT2D eigenvalue weighted by molar-refractivity contribution is -0.00465. The molecule has 1 N–H and O–H groups in total. The van der Waals surface area contributed by atoms with Crippen molar-refractivity contribution < 1.29 is 14.6 Å². The topological polar surface area (TPSA) is 38.7 Å². The molecular formula is C15H22O3. The zero-order valence-electron chi connectivity index (χ0n) is 11.0. The van der Waals surface area contributed by atoms with Crippen LogP contribution in [0, 0.1) is 0 Å². The van der Waals surface area contributed by atoms with Gasteiger partial charge in [-0.15, -0.1) is 0 Å². The van der Waals surface area contributed by atoms with Gasteiger partial charge in [-0.05, 0) is 30.9 Å². The minimum atomic E-state index is -0.354. The Morgan fingerprint density at radius 1 is 1.44 bits per heavy atom. The fourth-order valence-corrected chi connectivity index (χ4v) is 2.40. The van der Waals surface area contributed by atoms with Gasteiger partial charge in [0, 0.05) is 19.6 Å². The Bertz CT molecular complexity index is 365. The molecule has 0 spiro atoms. The number of rotatable bonds is 6. The molecule has 1 aliphatic rings. The Hall–Kier alpha value is -0.900. The van der Waals surface area contributed by atoms with Gasteiger partial charge in [0.2, 0.25) is 0 Å². The van der Waals surface area contributed by atoms with Gasteiger partial charge in [0.1, 0.15) is 0 Å². The van der Waals surface area contributed by atoms with E-state index in [9.17, 15) is 5.11 Å². The molecule has 0 radical (unpaired) electrons. The highest BCUT2D eigenvalue weighted by atomic mass is 16.5. The Balaban J connectivity index is 1.90. The van der Waals surface area contributed by atoms with Crippen molar-refractivity contribution in [3.8, 4) is 0 Å². The first-order valence-electron chi connectivity index (χ1n) is 6.76. The standard InChI is InChI=1S/C15H22O3/c1-2-17-9-8-13(16)11-15-14-6-4-3-5-12(14)7-10-18-15/h3-6,13,15-16H,2,7-11H2,1H3. The minimum Gasteiger partial charge on any atom is -0.393 e. The second kappa shape index (κ2) is 6.88. The van der Waals surface area contributed by atoms with E-state index in [0.717, 1.165) is 13.0 Å². The van der Waals surface area contributed by atoms with Crippen molar-refractivity contribution in [3.05, 3.63) is 35.4 Å². The van der Waals surface area contributed by atoms with Crippen molar-refractivity contribution in [2.45, 2.75) is 38.4 Å². The SMILES string of the molecule is CCOCCC(O)CC1OCCc2ccccc21. The summed E-state index contributed by atoms with van der Waals surface area (Å²) >= 11 is 0. The average molecular weight is 250 g/mol. The highest BCUT2D eigenvalue weighted by Crippen LogP contribution is 2.30. The van der Waals surface area contributed by atoms with Gasteiger partial charge >= 0.3 is 0 Å². The fourth-order valence-electron chi connectivity index (χ4n) is 2.40. The summed E-state index contributed by atoms with van der Waals surface area (Å²) in [5.74, 6) is 0. The number of hydrogen-bond acceptors (Lipinski definition) is 3. The summed E-state index contributed by atoms with van der Waals surface area (Å²) in [6.45, 7) is 4.04. The van der Waals surface area contributed by atoms with Crippen LogP contribution in [0.15, 0.2) is 24.3 Å². The smallest absolute Gasteiger partial charge is 0.0852 e. The summed E-state index contributed by atoms with van der Waals surface area (Å²) in [7, 11) is 0. The minimum absolute atomic E-state index is 0.0339. The summed E-state index contributed by atoms with van der Waals surface area (Å²) in [6, 6.07) is 8.35. The zero-order valence-corrected chi connectivity index (χ0v) is 11.0. The molecule has 2 atom stereocenters. The van der Waals surface area contributed by atoms with Gasteiger partial charge in [0.25, 0.3) is 0 Å². The quantitative estimate of drug-likeness (QED) is 0.788. The van der Waals surface area contributed by atoms with E-state index in [2.05, 4.69) is 18.2 Å². The maximum atomic E-state index is 9.99. The van der Waals surface area contributed by atoms with Crippen molar-refractivity contribution in [1.29, 1.82) is 0 Å². The first-order valence-corrected chi connectivity index (χ1v) is 6.76. The van der Waals surface area contributed by atoms with Crippen LogP contribution in [0.2, 0.25) is 0 Å². The Labute approximate surface area is 109 Å². The number of aliphatic hydroxyl groups is 1. The van der Waals surface area contributed by atoms with E-state index in [1.165, 1.54) is 11.1 Å². The van der Waals surface area contributed by atoms with Gasteiger partial charge in [-0.25, -0.2) is 0 Å². The molecule has 0 fully saturated rings. The first-order chi connectivity index (χ1) is 8.81. The molecular weight excluding hydrogens is 228 g/mol. The van der Waals surface area contributed by atoms with Crippen LogP contribution in [-0.4, -0.2) is 31.0 Å². The predicted octanol–water partition coefficient (Wildman–Crippen LogP) is 2.48. The van der Waals surface area contributed by atoms with Crippen LogP contribution in [0.1, 0.15) is 37.0 Å². The number of aliphatic hydroxyl groups excluding tert-OH is 1. The van der Waals surface area contributed by atoms with Crippen LogP contribution in [-0.2, 0) is 15.9 Å². The summed E-state index contributed by atoms with van der Waals surface area (Å²) < 4.78 is 11.0. The van der Waals surface area contributed by atoms with Gasteiger partial charge in [-0.3, -0.25) is 0 Å². The van der Waals surface area contributed by atoms with Crippen LogP contribution in [0.3, 0.4) is 0 Å². The second-order valence-electron chi connectivity index (χ2n) is 4.68. The third-order valence-electron chi connectivity index (χ3n) is 3.38. The lowest BCUT2D eigenvalue weighted by Crippen LogP contribution is -2.22. The summed E-state index contributed by atoms with van der Waals surface area (Å²) in [4.78, 5) is 0. The lowest BCUT2D eigenvalue weighted by Gasteiger charge is -2.27. The maximum absolute atomic E-state index is 9.99. The molecule has 2 unspecified atom stereocenters. The molecule has 3 heteroatoms. The van der Waals surface area contributed by atoms with E-state index in [1.807, 2.05) is 13.0 Å². The van der Waals surface area contributed by atoms with Crippen molar-refractivity contribution >= 4 is 0 Å². The third-order valence-corrected chi connectivity index (χ3v) is 3.38. The first kappa shape index (κ1) is 13.5. The average Bonchev–Trinajstić information content (AvgIpc) is 2.39. The Morgan fingerprint density at radius 3 is 3.11 bits per heavy atom. The molecule has 0 amide bonds. The molecule has 0 saturated carbocycles. The van der Waals surface area contributed by atoms with Gasteiger partial charge in [-0.1, -0.05) is 24.3 Å². The zero-order chi connectivity index (χ0) is 12.8. The monoisotopic (exact) mass is 250 g/mol. The van der Waals surface area contributed by atoms with Crippen molar-refractivity contribution in [2.75, 3.05) is 19.8 Å². The highest BCUT2D eigenvalue weighted by Gasteiger charge is 2.22. The predicted molar refractivity (Wildman–Crippen MR) is 70.6 cm³/mol. The largest absolute Gasteiger partial charge is 0.393 e. The number of hydrogen-bond donors (Lipinski definition) is 1. The maximum Gasteiger partial charge on any atom is 0.0852 e. The number of ether oxygens (including phenoxy) is 2. The van der Waals surface area contributed by atoms with Crippen LogP contribution >= 0.6 is 0 Å². The lowest BCUT2D eigenvalue weighted by atomic mass is 9.94. The third kappa shape index (κ3) is 3.55. The van der Waals surface area contributed by atoms with Crippen molar-refractivity contribution in [1.82, 2.24) is 0 Å². The Morgan fingerprint density at radius 2 is 2.28 bits per heavy atom. The van der Waals surface area contributed by atoms with Crippen molar-refractivity contribution in [2.24, 2.45) is 0 Å². The number of fused-ring (bicyclic) bond motifs is 1. The normalized spacial score (nSPS) is 20.4. The van der Waals surface area contributed by atoms with E-state index in [0.29, 0.717) is 26.1 Å². The van der Waals surface area contributed by atoms with E-state index >= 15 is 0 Å². The van der Waals surface area contributed by atoms with Crippen LogP contribution in [0.25, 0.3) is 0 Å². The molecule has 18 heavy (non-hydrogen) atoms. The van der Waals surface area contributed by atoms with E-state index in [-0.39, 0.29) is 12.2 Å². The van der Waals surface area contributed by atoms with Gasteiger partial charge < -0.3 is 14.6 Å². The summed E-state index contributed by atoms with van der Waals surface area (Å²) in [6.07, 6.45) is 1.99. The van der Waals surface area contributed by atoms with E-state index in [1.54, 1.807) is 0 Å². The molecule has 0 bridgehead atoms.